The van der Waals surface area contributed by atoms with Gasteiger partial charge in [0.1, 0.15) is 5.92 Å². The number of nitrogens with two attached hydrogens (primary N) is 1. The third-order valence-corrected chi connectivity index (χ3v) is 4.12. The Morgan fingerprint density at radius 1 is 1.17 bits per heavy atom. The molecule has 0 bridgehead atoms. The van der Waals surface area contributed by atoms with Gasteiger partial charge in [-0.2, -0.15) is 18.4 Å². The van der Waals surface area contributed by atoms with Gasteiger partial charge in [0, 0.05) is 10.6 Å². The van der Waals surface area contributed by atoms with Crippen LogP contribution in [0.2, 0.25) is 0 Å². The van der Waals surface area contributed by atoms with E-state index in [2.05, 4.69) is 0 Å². The van der Waals surface area contributed by atoms with Crippen LogP contribution >= 0.6 is 11.8 Å². The second kappa shape index (κ2) is 6.75. The zero-order valence-electron chi connectivity index (χ0n) is 11.8. The highest BCUT2D eigenvalue weighted by Crippen LogP contribution is 2.34. The van der Waals surface area contributed by atoms with Crippen molar-refractivity contribution in [2.24, 2.45) is 0 Å². The van der Waals surface area contributed by atoms with E-state index < -0.39 is 17.7 Å². The smallest absolute Gasteiger partial charge is 0.398 e. The average molecular weight is 335 g/mol. The molecule has 23 heavy (non-hydrogen) atoms. The molecule has 0 spiro atoms. The Balaban J connectivity index is 2.28. The normalized spacial score (nSPS) is 12.4. The Hall–Kier alpha value is -2.46. The fraction of sp³-hybridized carbons (Fsp3) is 0.125. The number of nitrogen functional groups attached to an aromatic ring is 1. The summed E-state index contributed by atoms with van der Waals surface area (Å²) in [7, 11) is 0. The fourth-order valence-corrected chi connectivity index (χ4v) is 2.81. The van der Waals surface area contributed by atoms with Crippen LogP contribution in [0.3, 0.4) is 0 Å². The van der Waals surface area contributed by atoms with Crippen molar-refractivity contribution in [3.63, 3.8) is 0 Å². The highest BCUT2D eigenvalue weighted by molar-refractivity contribution is 8.14. The molecule has 1 atom stereocenters. The molecule has 0 aliphatic carbocycles. The number of thioether (sulfide) groups is 1. The average Bonchev–Trinajstić information content (AvgIpc) is 2.50. The summed E-state index contributed by atoms with van der Waals surface area (Å²) in [5.74, 6) is -1.08. The lowest BCUT2D eigenvalue weighted by Gasteiger charge is -2.14. The summed E-state index contributed by atoms with van der Waals surface area (Å²) >= 11 is 0.966. The Bertz CT molecular complexity index is 766. The number of anilines is 1. The van der Waals surface area contributed by atoms with Crippen LogP contribution in [0.1, 0.15) is 17.0 Å². The molecule has 0 aliphatic rings. The molecule has 0 amide bonds. The standard InChI is InChI=1S/C16H12F3N3S/c17-16(18,19)11-5-3-4-10(8-11)12(9-20)15(22)23-14-7-2-1-6-13(14)21/h1-8,12,22H,21H2. The van der Waals surface area contributed by atoms with Gasteiger partial charge in [0.15, 0.2) is 0 Å². The lowest BCUT2D eigenvalue weighted by molar-refractivity contribution is -0.137. The van der Waals surface area contributed by atoms with Gasteiger partial charge in [-0.15, -0.1) is 0 Å². The van der Waals surface area contributed by atoms with Crippen molar-refractivity contribution < 1.29 is 13.2 Å². The molecule has 1 unspecified atom stereocenters. The molecule has 0 heterocycles. The minimum atomic E-state index is -4.49. The summed E-state index contributed by atoms with van der Waals surface area (Å²) in [4.78, 5) is 0.588. The predicted molar refractivity (Wildman–Crippen MR) is 84.2 cm³/mol. The van der Waals surface area contributed by atoms with Crippen molar-refractivity contribution in [1.82, 2.24) is 0 Å². The lowest BCUT2D eigenvalue weighted by atomic mass is 9.99. The Morgan fingerprint density at radius 3 is 2.48 bits per heavy atom. The lowest BCUT2D eigenvalue weighted by Crippen LogP contribution is -2.10. The minimum Gasteiger partial charge on any atom is -0.398 e. The molecule has 0 saturated carbocycles. The molecule has 3 N–H and O–H groups in total. The van der Waals surface area contributed by atoms with E-state index in [0.717, 1.165) is 23.9 Å². The van der Waals surface area contributed by atoms with E-state index >= 15 is 0 Å². The molecule has 3 nitrogen and oxygen atoms in total. The molecule has 118 valence electrons. The number of hydrogen-bond acceptors (Lipinski definition) is 4. The summed E-state index contributed by atoms with van der Waals surface area (Å²) in [5.41, 5.74) is 5.52. The molecule has 2 aromatic carbocycles. The van der Waals surface area contributed by atoms with Crippen molar-refractivity contribution in [2.45, 2.75) is 17.0 Å². The number of halogens is 3. The van der Waals surface area contributed by atoms with Crippen LogP contribution < -0.4 is 5.73 Å². The topological polar surface area (TPSA) is 73.7 Å². The molecule has 0 fully saturated rings. The molecule has 0 aromatic heterocycles. The number of nitriles is 1. The Morgan fingerprint density at radius 2 is 1.87 bits per heavy atom. The molecule has 0 aliphatic heterocycles. The molecular weight excluding hydrogens is 323 g/mol. The Labute approximate surface area is 135 Å². The third-order valence-electron chi connectivity index (χ3n) is 3.08. The molecule has 7 heteroatoms. The Kier molecular flexibility index (Phi) is 4.96. The predicted octanol–water partition coefficient (Wildman–Crippen LogP) is 4.66. The number of rotatable bonds is 3. The number of hydrogen-bond donors (Lipinski definition) is 2. The van der Waals surface area contributed by atoms with Gasteiger partial charge in [0.2, 0.25) is 0 Å². The molecular formula is C16H12F3N3S. The van der Waals surface area contributed by atoms with E-state index in [4.69, 9.17) is 11.1 Å². The first-order valence-corrected chi connectivity index (χ1v) is 7.32. The zero-order valence-corrected chi connectivity index (χ0v) is 12.6. The number of para-hydroxylation sites is 1. The zero-order chi connectivity index (χ0) is 17.0. The van der Waals surface area contributed by atoms with Gasteiger partial charge in [-0.05, 0) is 23.8 Å². The van der Waals surface area contributed by atoms with Crippen molar-refractivity contribution >= 4 is 22.5 Å². The van der Waals surface area contributed by atoms with E-state index in [-0.39, 0.29) is 10.6 Å². The summed E-state index contributed by atoms with van der Waals surface area (Å²) in [5, 5.41) is 17.2. The highest BCUT2D eigenvalue weighted by Gasteiger charge is 2.31. The third kappa shape index (κ3) is 4.05. The van der Waals surface area contributed by atoms with Crippen molar-refractivity contribution in [3.05, 3.63) is 59.7 Å². The largest absolute Gasteiger partial charge is 0.416 e. The van der Waals surface area contributed by atoms with Crippen LogP contribution in [0, 0.1) is 16.7 Å². The van der Waals surface area contributed by atoms with Gasteiger partial charge >= 0.3 is 6.18 Å². The second-order valence-corrected chi connectivity index (χ2v) is 5.77. The van der Waals surface area contributed by atoms with Gasteiger partial charge in [-0.25, -0.2) is 0 Å². The van der Waals surface area contributed by atoms with Gasteiger partial charge in [0.05, 0.1) is 16.7 Å². The first kappa shape index (κ1) is 16.9. The highest BCUT2D eigenvalue weighted by atomic mass is 32.2. The summed E-state index contributed by atoms with van der Waals surface area (Å²) in [6.07, 6.45) is -4.49. The van der Waals surface area contributed by atoms with E-state index in [1.165, 1.54) is 12.1 Å². The monoisotopic (exact) mass is 335 g/mol. The maximum absolute atomic E-state index is 12.8. The van der Waals surface area contributed by atoms with Crippen LogP contribution in [-0.2, 0) is 6.18 Å². The quantitative estimate of drug-likeness (QED) is 0.371. The fourth-order valence-electron chi connectivity index (χ4n) is 1.93. The van der Waals surface area contributed by atoms with Gasteiger partial charge in [-0.3, -0.25) is 5.41 Å². The summed E-state index contributed by atoms with van der Waals surface area (Å²) < 4.78 is 38.3. The molecule has 2 aromatic rings. The summed E-state index contributed by atoms with van der Waals surface area (Å²) in [6.45, 7) is 0. The first-order chi connectivity index (χ1) is 10.8. The summed E-state index contributed by atoms with van der Waals surface area (Å²) in [6, 6.07) is 13.2. The van der Waals surface area contributed by atoms with Crippen molar-refractivity contribution in [2.75, 3.05) is 5.73 Å². The maximum Gasteiger partial charge on any atom is 0.416 e. The maximum atomic E-state index is 12.8. The van der Waals surface area contributed by atoms with E-state index in [1.807, 2.05) is 6.07 Å². The van der Waals surface area contributed by atoms with Gasteiger partial charge in [-0.1, -0.05) is 42.1 Å². The molecule has 0 saturated heterocycles. The van der Waals surface area contributed by atoms with Crippen molar-refractivity contribution in [1.29, 1.82) is 10.7 Å². The SMILES string of the molecule is N#CC(C(=N)Sc1ccccc1N)c1cccc(C(F)(F)F)c1. The number of nitrogens with zero attached hydrogens (tertiary/aromatic N) is 1. The van der Waals surface area contributed by atoms with Gasteiger partial charge in [0.25, 0.3) is 0 Å². The van der Waals surface area contributed by atoms with Gasteiger partial charge < -0.3 is 5.73 Å². The van der Waals surface area contributed by atoms with Crippen LogP contribution in [-0.4, -0.2) is 5.04 Å². The second-order valence-electron chi connectivity index (χ2n) is 4.69. The van der Waals surface area contributed by atoms with Crippen LogP contribution in [0.15, 0.2) is 53.4 Å². The number of benzene rings is 2. The van der Waals surface area contributed by atoms with Crippen LogP contribution in [0.25, 0.3) is 0 Å². The van der Waals surface area contributed by atoms with Crippen LogP contribution in [0.5, 0.6) is 0 Å². The van der Waals surface area contributed by atoms with Crippen LogP contribution in [0.4, 0.5) is 18.9 Å². The van der Waals surface area contributed by atoms with E-state index in [0.29, 0.717) is 10.6 Å². The minimum absolute atomic E-state index is 0.0790. The van der Waals surface area contributed by atoms with E-state index in [1.54, 1.807) is 24.3 Å². The van der Waals surface area contributed by atoms with Crippen molar-refractivity contribution in [3.8, 4) is 6.07 Å². The molecule has 2 rings (SSSR count). The number of alkyl halides is 3. The number of nitrogens with one attached hydrogen (secondary N) is 1. The molecule has 0 radical (unpaired) electrons. The van der Waals surface area contributed by atoms with E-state index in [9.17, 15) is 18.4 Å². The first-order valence-electron chi connectivity index (χ1n) is 6.50.